The average Bonchev–Trinajstić information content (AvgIpc) is 2.33. The molecular weight excluding hydrogens is 206 g/mol. The van der Waals surface area contributed by atoms with E-state index in [-0.39, 0.29) is 0 Å². The van der Waals surface area contributed by atoms with Crippen molar-refractivity contribution in [1.29, 1.82) is 0 Å². The Labute approximate surface area is 95.2 Å². The van der Waals surface area contributed by atoms with Crippen LogP contribution in [0.15, 0.2) is 6.33 Å². The van der Waals surface area contributed by atoms with Crippen LogP contribution in [0.2, 0.25) is 0 Å². The molecule has 0 atom stereocenters. The van der Waals surface area contributed by atoms with Crippen molar-refractivity contribution < 1.29 is 9.47 Å². The van der Waals surface area contributed by atoms with Gasteiger partial charge in [0, 0.05) is 19.3 Å². The van der Waals surface area contributed by atoms with Crippen molar-refractivity contribution in [2.75, 3.05) is 25.6 Å². The molecule has 0 spiro atoms. The maximum absolute atomic E-state index is 5.32. The van der Waals surface area contributed by atoms with E-state index in [0.717, 1.165) is 37.4 Å². The molecule has 1 N–H and O–H groups in total. The third-order valence-electron chi connectivity index (χ3n) is 2.79. The van der Waals surface area contributed by atoms with Crippen LogP contribution in [0, 0.1) is 6.92 Å². The largest absolute Gasteiger partial charge is 0.481 e. The minimum atomic E-state index is 0.437. The van der Waals surface area contributed by atoms with Gasteiger partial charge in [-0.05, 0) is 19.8 Å². The summed E-state index contributed by atoms with van der Waals surface area (Å²) in [5.41, 5.74) is 0.955. The van der Waals surface area contributed by atoms with Crippen LogP contribution in [0.5, 0.6) is 5.88 Å². The minimum absolute atomic E-state index is 0.437. The lowest BCUT2D eigenvalue weighted by Crippen LogP contribution is -2.28. The van der Waals surface area contributed by atoms with E-state index >= 15 is 0 Å². The predicted molar refractivity (Wildman–Crippen MR) is 60.8 cm³/mol. The second-order valence-corrected chi connectivity index (χ2v) is 3.89. The monoisotopic (exact) mass is 223 g/mol. The van der Waals surface area contributed by atoms with Crippen LogP contribution in [0.1, 0.15) is 18.4 Å². The van der Waals surface area contributed by atoms with Crippen molar-refractivity contribution in [2.45, 2.75) is 25.8 Å². The Morgan fingerprint density at radius 2 is 2.12 bits per heavy atom. The van der Waals surface area contributed by atoms with Crippen molar-refractivity contribution in [3.05, 3.63) is 11.9 Å². The van der Waals surface area contributed by atoms with Gasteiger partial charge in [-0.3, -0.25) is 0 Å². The molecule has 1 fully saturated rings. The van der Waals surface area contributed by atoms with Gasteiger partial charge in [0.05, 0.1) is 12.7 Å². The van der Waals surface area contributed by atoms with Crippen LogP contribution < -0.4 is 10.1 Å². The number of hydrogen-bond donors (Lipinski definition) is 1. The summed E-state index contributed by atoms with van der Waals surface area (Å²) in [6, 6.07) is 0.437. The smallest absolute Gasteiger partial charge is 0.221 e. The fourth-order valence-electron chi connectivity index (χ4n) is 1.82. The number of nitrogens with one attached hydrogen (secondary N) is 1. The fraction of sp³-hybridized carbons (Fsp3) is 0.636. The number of aromatic nitrogens is 2. The van der Waals surface area contributed by atoms with Gasteiger partial charge in [0.25, 0.3) is 0 Å². The number of nitrogens with zero attached hydrogens (tertiary/aromatic N) is 2. The first-order valence-electron chi connectivity index (χ1n) is 5.51. The summed E-state index contributed by atoms with van der Waals surface area (Å²) < 4.78 is 10.5. The Morgan fingerprint density at radius 1 is 1.38 bits per heavy atom. The van der Waals surface area contributed by atoms with Gasteiger partial charge in [-0.25, -0.2) is 9.97 Å². The molecule has 0 unspecified atom stereocenters. The number of rotatable bonds is 3. The molecule has 1 aromatic heterocycles. The lowest BCUT2D eigenvalue weighted by atomic mass is 10.1. The van der Waals surface area contributed by atoms with Gasteiger partial charge in [-0.2, -0.15) is 0 Å². The molecule has 0 radical (unpaired) electrons. The van der Waals surface area contributed by atoms with E-state index in [1.165, 1.54) is 6.33 Å². The standard InChI is InChI=1S/C11H17N3O2/c1-8-10(12-7-13-11(8)15-2)14-9-3-5-16-6-4-9/h7,9H,3-6H2,1-2H3,(H,12,13,14). The summed E-state index contributed by atoms with van der Waals surface area (Å²) in [4.78, 5) is 8.29. The molecule has 0 aliphatic carbocycles. The van der Waals surface area contributed by atoms with Gasteiger partial charge in [-0.1, -0.05) is 0 Å². The molecule has 0 saturated carbocycles. The van der Waals surface area contributed by atoms with Crippen molar-refractivity contribution >= 4 is 5.82 Å². The highest BCUT2D eigenvalue weighted by Crippen LogP contribution is 2.22. The molecule has 1 aliphatic rings. The Kier molecular flexibility index (Phi) is 3.56. The first-order chi connectivity index (χ1) is 7.81. The lowest BCUT2D eigenvalue weighted by molar-refractivity contribution is 0.0903. The summed E-state index contributed by atoms with van der Waals surface area (Å²) >= 11 is 0. The van der Waals surface area contributed by atoms with Crippen molar-refractivity contribution in [2.24, 2.45) is 0 Å². The van der Waals surface area contributed by atoms with E-state index in [1.54, 1.807) is 7.11 Å². The molecule has 2 heterocycles. The summed E-state index contributed by atoms with van der Waals surface area (Å²) in [5.74, 6) is 1.49. The van der Waals surface area contributed by atoms with Crippen LogP contribution in [0.3, 0.4) is 0 Å². The second kappa shape index (κ2) is 5.12. The molecule has 0 aromatic carbocycles. The van der Waals surface area contributed by atoms with Crippen molar-refractivity contribution in [3.8, 4) is 5.88 Å². The first kappa shape index (κ1) is 11.1. The van der Waals surface area contributed by atoms with Gasteiger partial charge in [0.1, 0.15) is 12.1 Å². The molecule has 88 valence electrons. The van der Waals surface area contributed by atoms with E-state index < -0.39 is 0 Å². The van der Waals surface area contributed by atoms with Crippen LogP contribution in [0.25, 0.3) is 0 Å². The van der Waals surface area contributed by atoms with Crippen LogP contribution in [-0.2, 0) is 4.74 Å². The van der Waals surface area contributed by atoms with Crippen LogP contribution in [-0.4, -0.2) is 36.3 Å². The first-order valence-corrected chi connectivity index (χ1v) is 5.51. The maximum atomic E-state index is 5.32. The third-order valence-corrected chi connectivity index (χ3v) is 2.79. The van der Waals surface area contributed by atoms with Gasteiger partial charge in [-0.15, -0.1) is 0 Å². The van der Waals surface area contributed by atoms with Gasteiger partial charge in [0.15, 0.2) is 0 Å². The molecule has 0 amide bonds. The highest BCUT2D eigenvalue weighted by Gasteiger charge is 2.16. The Bertz CT molecular complexity index is 351. The zero-order valence-corrected chi connectivity index (χ0v) is 9.69. The number of hydrogen-bond acceptors (Lipinski definition) is 5. The quantitative estimate of drug-likeness (QED) is 0.839. The normalized spacial score (nSPS) is 17.1. The van der Waals surface area contributed by atoms with Crippen molar-refractivity contribution in [3.63, 3.8) is 0 Å². The summed E-state index contributed by atoms with van der Waals surface area (Å²) in [7, 11) is 1.62. The minimum Gasteiger partial charge on any atom is -0.481 e. The SMILES string of the molecule is COc1ncnc(NC2CCOCC2)c1C. The van der Waals surface area contributed by atoms with E-state index in [1.807, 2.05) is 6.92 Å². The molecule has 16 heavy (non-hydrogen) atoms. The molecule has 1 aromatic rings. The molecule has 1 saturated heterocycles. The van der Waals surface area contributed by atoms with Gasteiger partial charge in [0.2, 0.25) is 5.88 Å². The van der Waals surface area contributed by atoms with Crippen molar-refractivity contribution in [1.82, 2.24) is 9.97 Å². The highest BCUT2D eigenvalue weighted by molar-refractivity contribution is 5.48. The molecule has 2 rings (SSSR count). The summed E-state index contributed by atoms with van der Waals surface area (Å²) in [6.07, 6.45) is 3.56. The highest BCUT2D eigenvalue weighted by atomic mass is 16.5. The molecule has 5 heteroatoms. The van der Waals surface area contributed by atoms with E-state index in [2.05, 4.69) is 15.3 Å². The molecule has 5 nitrogen and oxygen atoms in total. The van der Waals surface area contributed by atoms with E-state index in [9.17, 15) is 0 Å². The summed E-state index contributed by atoms with van der Waals surface area (Å²) in [6.45, 7) is 3.60. The molecule has 0 bridgehead atoms. The Balaban J connectivity index is 2.08. The van der Waals surface area contributed by atoms with E-state index in [4.69, 9.17) is 9.47 Å². The molecule has 1 aliphatic heterocycles. The van der Waals surface area contributed by atoms with E-state index in [0.29, 0.717) is 11.9 Å². The topological polar surface area (TPSA) is 56.3 Å². The van der Waals surface area contributed by atoms with Gasteiger partial charge >= 0.3 is 0 Å². The second-order valence-electron chi connectivity index (χ2n) is 3.89. The lowest BCUT2D eigenvalue weighted by Gasteiger charge is -2.24. The average molecular weight is 223 g/mol. The Morgan fingerprint density at radius 3 is 2.81 bits per heavy atom. The van der Waals surface area contributed by atoms with Gasteiger partial charge < -0.3 is 14.8 Å². The summed E-state index contributed by atoms with van der Waals surface area (Å²) in [5, 5.41) is 3.41. The number of ether oxygens (including phenoxy) is 2. The maximum Gasteiger partial charge on any atom is 0.221 e. The zero-order valence-electron chi connectivity index (χ0n) is 9.69. The fourth-order valence-corrected chi connectivity index (χ4v) is 1.82. The van der Waals surface area contributed by atoms with Crippen LogP contribution >= 0.6 is 0 Å². The predicted octanol–water partition coefficient (Wildman–Crippen LogP) is 1.38. The van der Waals surface area contributed by atoms with Crippen LogP contribution in [0.4, 0.5) is 5.82 Å². The molecular formula is C11H17N3O2. The Hall–Kier alpha value is -1.36. The zero-order chi connectivity index (χ0) is 11.4. The number of methoxy groups -OCH3 is 1. The number of anilines is 1. The third kappa shape index (κ3) is 2.41.